The number of carbonyl (C=O) groups is 1. The van der Waals surface area contributed by atoms with Crippen LogP contribution < -0.4 is 5.32 Å². The molecule has 0 bridgehead atoms. The number of nitro groups is 1. The van der Waals surface area contributed by atoms with Gasteiger partial charge in [0.05, 0.1) is 9.82 Å². The molecule has 126 valence electrons. The van der Waals surface area contributed by atoms with Crippen molar-refractivity contribution in [2.24, 2.45) is 5.92 Å². The number of carbonyl (C=O) groups excluding carboxylic acids is 1. The molecule has 0 fully saturated rings. The lowest BCUT2D eigenvalue weighted by molar-refractivity contribution is -0.387. The van der Waals surface area contributed by atoms with E-state index in [9.17, 15) is 14.9 Å². The first kappa shape index (κ1) is 17.9. The van der Waals surface area contributed by atoms with E-state index in [4.69, 9.17) is 0 Å². The molecule has 0 aliphatic heterocycles. The summed E-state index contributed by atoms with van der Waals surface area (Å²) < 4.78 is 0. The minimum Gasteiger partial charge on any atom is -0.307 e. The zero-order chi connectivity index (χ0) is 17.5. The Kier molecular flexibility index (Phi) is 6.31. The zero-order valence-electron chi connectivity index (χ0n) is 13.6. The molecule has 2 aromatic rings. The lowest BCUT2D eigenvalue weighted by Crippen LogP contribution is -2.13. The Bertz CT molecular complexity index is 720. The third kappa shape index (κ3) is 5.06. The van der Waals surface area contributed by atoms with Crippen LogP contribution in [0.5, 0.6) is 0 Å². The van der Waals surface area contributed by atoms with E-state index >= 15 is 0 Å². The molecule has 1 aromatic heterocycles. The van der Waals surface area contributed by atoms with Gasteiger partial charge in [-0.2, -0.15) is 0 Å². The number of anilines is 1. The quantitative estimate of drug-likeness (QED) is 0.457. The van der Waals surface area contributed by atoms with Crippen molar-refractivity contribution in [1.82, 2.24) is 4.98 Å². The standard InChI is InChI=1S/C17H19N3O3S/c1-12(2)8-10-24-15-7-6-13(11-14(15)20(22)23)17(21)19-16-5-3-4-9-18-16/h3-7,9,11-12H,8,10H2,1-2H3,(H,18,19,21). The van der Waals surface area contributed by atoms with Gasteiger partial charge in [0.1, 0.15) is 5.82 Å². The van der Waals surface area contributed by atoms with E-state index in [-0.39, 0.29) is 11.3 Å². The second-order valence-electron chi connectivity index (χ2n) is 5.64. The summed E-state index contributed by atoms with van der Waals surface area (Å²) >= 11 is 1.44. The molecule has 1 amide bonds. The van der Waals surface area contributed by atoms with Crippen molar-refractivity contribution in [3.63, 3.8) is 0 Å². The minimum atomic E-state index is -0.449. The Hall–Kier alpha value is -2.41. The number of benzene rings is 1. The lowest BCUT2D eigenvalue weighted by Gasteiger charge is -2.08. The molecule has 6 nitrogen and oxygen atoms in total. The Labute approximate surface area is 144 Å². The molecular formula is C17H19N3O3S. The highest BCUT2D eigenvalue weighted by Gasteiger charge is 2.18. The topological polar surface area (TPSA) is 85.1 Å². The van der Waals surface area contributed by atoms with Crippen LogP contribution in [0.2, 0.25) is 0 Å². The average molecular weight is 345 g/mol. The molecule has 7 heteroatoms. The van der Waals surface area contributed by atoms with Gasteiger partial charge in [0, 0.05) is 17.8 Å². The maximum absolute atomic E-state index is 12.2. The number of hydrogen-bond acceptors (Lipinski definition) is 5. The molecule has 0 spiro atoms. The van der Waals surface area contributed by atoms with E-state index in [1.54, 1.807) is 36.5 Å². The van der Waals surface area contributed by atoms with Crippen molar-refractivity contribution in [2.75, 3.05) is 11.1 Å². The fraction of sp³-hybridized carbons (Fsp3) is 0.294. The van der Waals surface area contributed by atoms with Crippen molar-refractivity contribution >= 4 is 29.2 Å². The molecule has 2 rings (SSSR count). The van der Waals surface area contributed by atoms with E-state index in [0.717, 1.165) is 12.2 Å². The SMILES string of the molecule is CC(C)CCSc1ccc(C(=O)Nc2ccccn2)cc1[N+](=O)[O-]. The summed E-state index contributed by atoms with van der Waals surface area (Å²) in [7, 11) is 0. The Morgan fingerprint density at radius 1 is 1.33 bits per heavy atom. The molecule has 0 saturated heterocycles. The maximum Gasteiger partial charge on any atom is 0.283 e. The van der Waals surface area contributed by atoms with Crippen LogP contribution in [0.3, 0.4) is 0 Å². The van der Waals surface area contributed by atoms with Gasteiger partial charge >= 0.3 is 0 Å². The first-order valence-electron chi connectivity index (χ1n) is 7.61. The van der Waals surface area contributed by atoms with Gasteiger partial charge in [0.15, 0.2) is 0 Å². The van der Waals surface area contributed by atoms with Gasteiger partial charge in [-0.05, 0) is 42.4 Å². The Morgan fingerprint density at radius 3 is 2.75 bits per heavy atom. The highest BCUT2D eigenvalue weighted by Crippen LogP contribution is 2.31. The first-order valence-corrected chi connectivity index (χ1v) is 8.59. The highest BCUT2D eigenvalue weighted by molar-refractivity contribution is 7.99. The summed E-state index contributed by atoms with van der Waals surface area (Å²) in [5.41, 5.74) is 0.193. The first-order chi connectivity index (χ1) is 11.5. The number of nitrogens with zero attached hydrogens (tertiary/aromatic N) is 2. The fourth-order valence-corrected chi connectivity index (χ4v) is 3.21. The fourth-order valence-electron chi connectivity index (χ4n) is 1.95. The van der Waals surface area contributed by atoms with Crippen molar-refractivity contribution in [3.05, 3.63) is 58.3 Å². The molecule has 24 heavy (non-hydrogen) atoms. The predicted octanol–water partition coefficient (Wildman–Crippen LogP) is 4.38. The molecule has 0 saturated carbocycles. The molecule has 0 unspecified atom stereocenters. The van der Waals surface area contributed by atoms with Crippen molar-refractivity contribution in [2.45, 2.75) is 25.2 Å². The van der Waals surface area contributed by atoms with Gasteiger partial charge in [-0.15, -0.1) is 11.8 Å². The number of thioether (sulfide) groups is 1. The van der Waals surface area contributed by atoms with Crippen LogP contribution in [-0.4, -0.2) is 21.6 Å². The molecular weight excluding hydrogens is 326 g/mol. The van der Waals surface area contributed by atoms with Crippen LogP contribution in [-0.2, 0) is 0 Å². The normalized spacial score (nSPS) is 10.6. The highest BCUT2D eigenvalue weighted by atomic mass is 32.2. The predicted molar refractivity (Wildman–Crippen MR) is 95.5 cm³/mol. The zero-order valence-corrected chi connectivity index (χ0v) is 14.4. The summed E-state index contributed by atoms with van der Waals surface area (Å²) in [6.07, 6.45) is 2.54. The van der Waals surface area contributed by atoms with E-state index in [2.05, 4.69) is 24.1 Å². The minimum absolute atomic E-state index is 0.0440. The average Bonchev–Trinajstić information content (AvgIpc) is 2.55. The summed E-state index contributed by atoms with van der Waals surface area (Å²) in [5.74, 6) is 1.33. The summed E-state index contributed by atoms with van der Waals surface area (Å²) in [4.78, 5) is 27.7. The monoisotopic (exact) mass is 345 g/mol. The molecule has 0 aliphatic rings. The third-order valence-electron chi connectivity index (χ3n) is 3.28. The maximum atomic E-state index is 12.2. The van der Waals surface area contributed by atoms with Gasteiger partial charge in [-0.25, -0.2) is 4.98 Å². The molecule has 0 radical (unpaired) electrons. The van der Waals surface area contributed by atoms with E-state index in [1.165, 1.54) is 17.8 Å². The molecule has 1 N–H and O–H groups in total. The second-order valence-corrected chi connectivity index (χ2v) is 6.78. The van der Waals surface area contributed by atoms with Crippen LogP contribution in [0.4, 0.5) is 11.5 Å². The molecule has 0 aliphatic carbocycles. The summed E-state index contributed by atoms with van der Waals surface area (Å²) in [6, 6.07) is 9.70. The molecule has 1 aromatic carbocycles. The number of pyridine rings is 1. The van der Waals surface area contributed by atoms with E-state index < -0.39 is 10.8 Å². The summed E-state index contributed by atoms with van der Waals surface area (Å²) in [5, 5.41) is 13.9. The summed E-state index contributed by atoms with van der Waals surface area (Å²) in [6.45, 7) is 4.22. The van der Waals surface area contributed by atoms with Crippen LogP contribution >= 0.6 is 11.8 Å². The lowest BCUT2D eigenvalue weighted by atomic mass is 10.2. The smallest absolute Gasteiger partial charge is 0.283 e. The number of hydrogen-bond donors (Lipinski definition) is 1. The van der Waals surface area contributed by atoms with E-state index in [1.807, 2.05) is 0 Å². The van der Waals surface area contributed by atoms with Gasteiger partial charge < -0.3 is 5.32 Å². The third-order valence-corrected chi connectivity index (χ3v) is 4.37. The van der Waals surface area contributed by atoms with Crippen LogP contribution in [0, 0.1) is 16.0 Å². The van der Waals surface area contributed by atoms with Gasteiger partial charge in [0.2, 0.25) is 0 Å². The number of aromatic nitrogens is 1. The van der Waals surface area contributed by atoms with Gasteiger partial charge in [0.25, 0.3) is 11.6 Å². The largest absolute Gasteiger partial charge is 0.307 e. The van der Waals surface area contributed by atoms with E-state index in [0.29, 0.717) is 16.6 Å². The van der Waals surface area contributed by atoms with Crippen molar-refractivity contribution in [1.29, 1.82) is 0 Å². The van der Waals surface area contributed by atoms with Crippen LogP contribution in [0.15, 0.2) is 47.5 Å². The Morgan fingerprint density at radius 2 is 2.12 bits per heavy atom. The van der Waals surface area contributed by atoms with Crippen molar-refractivity contribution < 1.29 is 9.72 Å². The van der Waals surface area contributed by atoms with Gasteiger partial charge in [-0.3, -0.25) is 14.9 Å². The van der Waals surface area contributed by atoms with Gasteiger partial charge in [-0.1, -0.05) is 19.9 Å². The number of nitrogens with one attached hydrogen (secondary N) is 1. The van der Waals surface area contributed by atoms with Crippen molar-refractivity contribution in [3.8, 4) is 0 Å². The Balaban J connectivity index is 2.15. The molecule has 0 atom stereocenters. The van der Waals surface area contributed by atoms with Crippen LogP contribution in [0.25, 0.3) is 0 Å². The number of amides is 1. The number of nitro benzene ring substituents is 1. The van der Waals surface area contributed by atoms with Crippen LogP contribution in [0.1, 0.15) is 30.6 Å². The second kappa shape index (κ2) is 8.44. The molecule has 1 heterocycles. The number of rotatable bonds is 7.